The molecule has 3 aliphatic rings. The lowest BCUT2D eigenvalue weighted by atomic mass is 9.79. The van der Waals surface area contributed by atoms with Gasteiger partial charge in [0.15, 0.2) is 0 Å². The molecule has 3 rings (SSSR count). The largest absolute Gasteiger partial charge is 0.390 e. The average Bonchev–Trinajstić information content (AvgIpc) is 2.50. The number of aliphatic hydroxyl groups is 1. The second-order valence-electron chi connectivity index (χ2n) is 7.75. The first-order valence-corrected chi connectivity index (χ1v) is 7.05. The molecular weight excluding hydrogens is 196 g/mol. The van der Waals surface area contributed by atoms with E-state index in [1.54, 1.807) is 0 Å². The highest BCUT2D eigenvalue weighted by molar-refractivity contribution is 5.14. The van der Waals surface area contributed by atoms with Crippen LogP contribution in [0.5, 0.6) is 0 Å². The molecule has 1 nitrogen and oxygen atoms in total. The highest BCUT2D eigenvalue weighted by Crippen LogP contribution is 2.71. The summed E-state index contributed by atoms with van der Waals surface area (Å²) >= 11 is 0. The van der Waals surface area contributed by atoms with Crippen LogP contribution in [0.15, 0.2) is 0 Å². The minimum Gasteiger partial charge on any atom is -0.390 e. The molecule has 6 atom stereocenters. The standard InChI is InChI=1S/C15H26O/c1-9-5-6-10-7-15(4,16)8-11-13(12(9)10)14(11,2)3/h9-13,16H,5-8H2,1-4H3. The summed E-state index contributed by atoms with van der Waals surface area (Å²) in [5.74, 6) is 4.31. The van der Waals surface area contributed by atoms with Crippen LogP contribution in [0.1, 0.15) is 53.4 Å². The van der Waals surface area contributed by atoms with E-state index in [2.05, 4.69) is 27.7 Å². The second kappa shape index (κ2) is 3.04. The van der Waals surface area contributed by atoms with Crippen molar-refractivity contribution in [2.75, 3.05) is 0 Å². The summed E-state index contributed by atoms with van der Waals surface area (Å²) in [6.07, 6.45) is 4.86. The molecular formula is C15H26O. The van der Waals surface area contributed by atoms with Crippen LogP contribution in [-0.2, 0) is 0 Å². The van der Waals surface area contributed by atoms with Crippen LogP contribution < -0.4 is 0 Å². The fourth-order valence-corrected chi connectivity index (χ4v) is 5.27. The van der Waals surface area contributed by atoms with Gasteiger partial charge in [0.25, 0.3) is 0 Å². The van der Waals surface area contributed by atoms with Crippen LogP contribution in [0.2, 0.25) is 0 Å². The lowest BCUT2D eigenvalue weighted by Gasteiger charge is -2.30. The lowest BCUT2D eigenvalue weighted by molar-refractivity contribution is 0.0170. The van der Waals surface area contributed by atoms with E-state index in [4.69, 9.17) is 0 Å². The number of fused-ring (bicyclic) bond motifs is 3. The van der Waals surface area contributed by atoms with Crippen molar-refractivity contribution in [3.63, 3.8) is 0 Å². The van der Waals surface area contributed by atoms with Crippen LogP contribution in [0, 0.1) is 35.0 Å². The van der Waals surface area contributed by atoms with Crippen molar-refractivity contribution in [3.05, 3.63) is 0 Å². The van der Waals surface area contributed by atoms with Crippen molar-refractivity contribution in [1.82, 2.24) is 0 Å². The van der Waals surface area contributed by atoms with Gasteiger partial charge in [-0.25, -0.2) is 0 Å². The molecule has 1 heteroatoms. The molecule has 0 amide bonds. The maximum absolute atomic E-state index is 10.5. The summed E-state index contributed by atoms with van der Waals surface area (Å²) in [6.45, 7) is 9.36. The van der Waals surface area contributed by atoms with Crippen LogP contribution in [0.3, 0.4) is 0 Å². The van der Waals surface area contributed by atoms with Gasteiger partial charge in [0.1, 0.15) is 0 Å². The molecule has 6 unspecified atom stereocenters. The second-order valence-corrected chi connectivity index (χ2v) is 7.75. The maximum atomic E-state index is 10.5. The summed E-state index contributed by atoms with van der Waals surface area (Å²) in [5.41, 5.74) is 0.117. The molecule has 3 aliphatic carbocycles. The maximum Gasteiger partial charge on any atom is 0.0625 e. The third kappa shape index (κ3) is 1.40. The molecule has 92 valence electrons. The Hall–Kier alpha value is -0.0400. The van der Waals surface area contributed by atoms with Gasteiger partial charge in [-0.15, -0.1) is 0 Å². The molecule has 0 saturated heterocycles. The van der Waals surface area contributed by atoms with Gasteiger partial charge < -0.3 is 5.11 Å². The molecule has 16 heavy (non-hydrogen) atoms. The summed E-state index contributed by atoms with van der Waals surface area (Å²) in [4.78, 5) is 0. The molecule has 0 bridgehead atoms. The van der Waals surface area contributed by atoms with E-state index >= 15 is 0 Å². The highest BCUT2D eigenvalue weighted by atomic mass is 16.3. The predicted molar refractivity (Wildman–Crippen MR) is 66.0 cm³/mol. The molecule has 0 spiro atoms. The third-order valence-corrected chi connectivity index (χ3v) is 6.11. The van der Waals surface area contributed by atoms with Crippen molar-refractivity contribution >= 4 is 0 Å². The molecule has 3 saturated carbocycles. The van der Waals surface area contributed by atoms with Gasteiger partial charge in [0.2, 0.25) is 0 Å². The number of hydrogen-bond donors (Lipinski definition) is 1. The Labute approximate surface area is 99.6 Å². The number of rotatable bonds is 0. The van der Waals surface area contributed by atoms with E-state index in [0.717, 1.165) is 42.4 Å². The zero-order chi connectivity index (χ0) is 11.7. The van der Waals surface area contributed by atoms with E-state index in [9.17, 15) is 5.11 Å². The Balaban J connectivity index is 1.93. The Morgan fingerprint density at radius 1 is 1.06 bits per heavy atom. The Kier molecular flexibility index (Phi) is 2.11. The first kappa shape index (κ1) is 11.1. The first-order valence-electron chi connectivity index (χ1n) is 7.05. The molecule has 0 aromatic rings. The lowest BCUT2D eigenvalue weighted by Crippen LogP contribution is -2.29. The minimum absolute atomic E-state index is 0.389. The van der Waals surface area contributed by atoms with Crippen molar-refractivity contribution < 1.29 is 5.11 Å². The minimum atomic E-state index is -0.389. The number of hydrogen-bond acceptors (Lipinski definition) is 1. The van der Waals surface area contributed by atoms with Gasteiger partial charge in [-0.2, -0.15) is 0 Å². The van der Waals surface area contributed by atoms with Crippen molar-refractivity contribution in [2.24, 2.45) is 35.0 Å². The van der Waals surface area contributed by atoms with Crippen molar-refractivity contribution in [2.45, 2.75) is 59.0 Å². The first-order chi connectivity index (χ1) is 7.33. The average molecular weight is 222 g/mol. The van der Waals surface area contributed by atoms with E-state index in [1.807, 2.05) is 0 Å². The molecule has 0 radical (unpaired) electrons. The fourth-order valence-electron chi connectivity index (χ4n) is 5.27. The van der Waals surface area contributed by atoms with Gasteiger partial charge in [-0.3, -0.25) is 0 Å². The van der Waals surface area contributed by atoms with Crippen molar-refractivity contribution in [3.8, 4) is 0 Å². The van der Waals surface area contributed by atoms with E-state index in [1.165, 1.54) is 12.8 Å². The normalized spacial score (nSPS) is 58.7. The van der Waals surface area contributed by atoms with Crippen LogP contribution in [-0.4, -0.2) is 10.7 Å². The SMILES string of the molecule is CC1CCC2CC(C)(O)CC3C(C12)C3(C)C. The van der Waals surface area contributed by atoms with Crippen LogP contribution in [0.4, 0.5) is 0 Å². The molecule has 0 aliphatic heterocycles. The summed E-state index contributed by atoms with van der Waals surface area (Å²) in [7, 11) is 0. The third-order valence-electron chi connectivity index (χ3n) is 6.11. The molecule has 0 aromatic carbocycles. The smallest absolute Gasteiger partial charge is 0.0625 e. The van der Waals surface area contributed by atoms with Gasteiger partial charge in [0.05, 0.1) is 5.60 Å². The predicted octanol–water partition coefficient (Wildman–Crippen LogP) is 3.47. The fraction of sp³-hybridized carbons (Fsp3) is 1.00. The Morgan fingerprint density at radius 3 is 2.44 bits per heavy atom. The molecule has 0 aromatic heterocycles. The zero-order valence-electron chi connectivity index (χ0n) is 11.2. The highest BCUT2D eigenvalue weighted by Gasteiger charge is 2.66. The van der Waals surface area contributed by atoms with Crippen LogP contribution >= 0.6 is 0 Å². The summed E-state index contributed by atoms with van der Waals surface area (Å²) in [6, 6.07) is 0. The molecule has 1 N–H and O–H groups in total. The van der Waals surface area contributed by atoms with Gasteiger partial charge in [-0.05, 0) is 61.2 Å². The van der Waals surface area contributed by atoms with Crippen LogP contribution in [0.25, 0.3) is 0 Å². The topological polar surface area (TPSA) is 20.2 Å². The van der Waals surface area contributed by atoms with Gasteiger partial charge in [-0.1, -0.05) is 27.2 Å². The van der Waals surface area contributed by atoms with Gasteiger partial charge in [0, 0.05) is 0 Å². The zero-order valence-corrected chi connectivity index (χ0v) is 11.2. The summed E-state index contributed by atoms with van der Waals surface area (Å²) in [5, 5.41) is 10.5. The molecule has 3 fully saturated rings. The van der Waals surface area contributed by atoms with Gasteiger partial charge >= 0.3 is 0 Å². The monoisotopic (exact) mass is 222 g/mol. The molecule has 0 heterocycles. The Morgan fingerprint density at radius 2 is 1.75 bits per heavy atom. The van der Waals surface area contributed by atoms with E-state index < -0.39 is 0 Å². The quantitative estimate of drug-likeness (QED) is 0.665. The summed E-state index contributed by atoms with van der Waals surface area (Å²) < 4.78 is 0. The van der Waals surface area contributed by atoms with Crippen molar-refractivity contribution in [1.29, 1.82) is 0 Å². The van der Waals surface area contributed by atoms with E-state index in [0.29, 0.717) is 5.41 Å². The van der Waals surface area contributed by atoms with E-state index in [-0.39, 0.29) is 5.60 Å². The Bertz CT molecular complexity index is 301.